The van der Waals surface area contributed by atoms with E-state index in [0.29, 0.717) is 17.1 Å². The molecule has 134 valence electrons. The molecule has 1 aliphatic heterocycles. The van der Waals surface area contributed by atoms with Crippen LogP contribution in [0.5, 0.6) is 0 Å². The van der Waals surface area contributed by atoms with Crippen LogP contribution in [0.15, 0.2) is 86.2 Å². The first kappa shape index (κ1) is 16.5. The highest BCUT2D eigenvalue weighted by Crippen LogP contribution is 2.45. The van der Waals surface area contributed by atoms with Gasteiger partial charge in [0.1, 0.15) is 23.4 Å². The number of furan rings is 2. The molecule has 0 atom stereocenters. The fraction of sp³-hybridized carbons (Fsp3) is 0.100. The maximum atomic E-state index is 11.9. The first-order chi connectivity index (χ1) is 13.1. The van der Waals surface area contributed by atoms with Crippen LogP contribution in [0.2, 0.25) is 0 Å². The average Bonchev–Trinajstić information content (AvgIpc) is 3.38. The largest absolute Gasteiger partial charge is 0.466 e. The minimum Gasteiger partial charge on any atom is -0.466 e. The number of nitrogens with one attached hydrogen (secondary N) is 1. The van der Waals surface area contributed by atoms with Crippen LogP contribution in [0.25, 0.3) is 5.57 Å². The summed E-state index contributed by atoms with van der Waals surface area (Å²) in [4.78, 5) is 11.9. The second kappa shape index (κ2) is 6.11. The third kappa shape index (κ3) is 2.47. The normalized spacial score (nSPS) is 15.8. The van der Waals surface area contributed by atoms with E-state index in [2.05, 4.69) is 11.4 Å². The van der Waals surface area contributed by atoms with Crippen molar-refractivity contribution >= 4 is 5.57 Å². The number of hydrogen-bond donors (Lipinski definition) is 2. The third-order valence-corrected chi connectivity index (χ3v) is 4.60. The molecule has 7 nitrogen and oxygen atoms in total. The lowest BCUT2D eigenvalue weighted by atomic mass is 9.78. The number of nitriles is 1. The van der Waals surface area contributed by atoms with Crippen molar-refractivity contribution in [2.24, 2.45) is 12.8 Å². The lowest BCUT2D eigenvalue weighted by Gasteiger charge is -2.37. The molecular weight excluding hydrogens is 344 g/mol. The van der Waals surface area contributed by atoms with Gasteiger partial charge in [-0.25, -0.2) is 0 Å². The van der Waals surface area contributed by atoms with Gasteiger partial charge in [0, 0.05) is 24.9 Å². The van der Waals surface area contributed by atoms with Crippen molar-refractivity contribution in [3.8, 4) is 6.07 Å². The molecule has 0 spiro atoms. The molecule has 0 radical (unpaired) electrons. The topological polar surface area (TPSA) is 110 Å². The average molecular weight is 360 g/mol. The number of nitrogens with zero attached hydrogens (tertiary/aromatic N) is 2. The van der Waals surface area contributed by atoms with Gasteiger partial charge in [-0.05, 0) is 42.0 Å². The van der Waals surface area contributed by atoms with E-state index < -0.39 is 5.54 Å². The van der Waals surface area contributed by atoms with E-state index in [4.69, 9.17) is 14.6 Å². The number of dihydropyridines is 1. The van der Waals surface area contributed by atoms with Crippen LogP contribution in [0.4, 0.5) is 0 Å². The van der Waals surface area contributed by atoms with Crippen LogP contribution in [0, 0.1) is 11.3 Å². The Morgan fingerprint density at radius 1 is 1.15 bits per heavy atom. The molecule has 0 aromatic carbocycles. The molecule has 0 unspecified atom stereocenters. The van der Waals surface area contributed by atoms with Crippen LogP contribution in [0.3, 0.4) is 0 Å². The van der Waals surface area contributed by atoms with Crippen LogP contribution in [-0.2, 0) is 12.6 Å². The maximum absolute atomic E-state index is 11.9. The molecular formula is C20H16N4O3. The maximum Gasteiger partial charge on any atom is 0.250 e. The van der Waals surface area contributed by atoms with Crippen molar-refractivity contribution in [1.82, 2.24) is 9.88 Å². The van der Waals surface area contributed by atoms with Gasteiger partial charge in [0.2, 0.25) is 5.56 Å². The molecule has 7 heteroatoms. The molecule has 0 amide bonds. The van der Waals surface area contributed by atoms with Gasteiger partial charge in [-0.1, -0.05) is 0 Å². The van der Waals surface area contributed by atoms with Crippen LogP contribution in [0.1, 0.15) is 17.1 Å². The Morgan fingerprint density at radius 3 is 2.33 bits per heavy atom. The Balaban J connectivity index is 2.06. The summed E-state index contributed by atoms with van der Waals surface area (Å²) in [6.45, 7) is 0. The fourth-order valence-corrected chi connectivity index (χ4v) is 3.31. The summed E-state index contributed by atoms with van der Waals surface area (Å²) in [6, 6.07) is 12.4. The lowest BCUT2D eigenvalue weighted by Crippen LogP contribution is -2.48. The standard InChI is InChI=1S/C20H16N4O3/c1-24-12-13(6-7-18(24)25)15-10-14(11-21)19(22)23-20(15,16-4-2-8-26-16)17-5-3-9-27-17/h2-10,12,23H,22H2,1H3. The Hall–Kier alpha value is -3.92. The number of rotatable bonds is 3. The van der Waals surface area contributed by atoms with Gasteiger partial charge in [-0.2, -0.15) is 5.26 Å². The van der Waals surface area contributed by atoms with Crippen LogP contribution in [-0.4, -0.2) is 4.57 Å². The second-order valence-electron chi connectivity index (χ2n) is 6.19. The molecule has 0 bridgehead atoms. The number of aromatic nitrogens is 1. The van der Waals surface area contributed by atoms with E-state index in [1.54, 1.807) is 62.2 Å². The predicted octanol–water partition coefficient (Wildman–Crippen LogP) is 2.20. The summed E-state index contributed by atoms with van der Waals surface area (Å²) in [5, 5.41) is 12.7. The number of pyridine rings is 1. The Kier molecular flexibility index (Phi) is 3.74. The van der Waals surface area contributed by atoms with Crippen LogP contribution < -0.4 is 16.6 Å². The number of aryl methyl sites for hydroxylation is 1. The summed E-state index contributed by atoms with van der Waals surface area (Å²) in [6.07, 6.45) is 6.50. The van der Waals surface area contributed by atoms with E-state index in [0.717, 1.165) is 5.56 Å². The minimum absolute atomic E-state index is 0.139. The molecule has 3 aromatic heterocycles. The zero-order chi connectivity index (χ0) is 19.0. The Morgan fingerprint density at radius 2 is 1.81 bits per heavy atom. The molecule has 3 N–H and O–H groups in total. The van der Waals surface area contributed by atoms with E-state index in [1.165, 1.54) is 10.6 Å². The van der Waals surface area contributed by atoms with E-state index in [1.807, 2.05) is 0 Å². The van der Waals surface area contributed by atoms with Gasteiger partial charge in [0.05, 0.1) is 18.1 Å². The summed E-state index contributed by atoms with van der Waals surface area (Å²) >= 11 is 0. The second-order valence-corrected chi connectivity index (χ2v) is 6.19. The van der Waals surface area contributed by atoms with Gasteiger partial charge in [0.15, 0.2) is 5.54 Å². The molecule has 3 aromatic rings. The molecule has 4 rings (SSSR count). The van der Waals surface area contributed by atoms with Crippen molar-refractivity contribution in [1.29, 1.82) is 5.26 Å². The third-order valence-electron chi connectivity index (χ3n) is 4.60. The molecule has 1 aliphatic rings. The molecule has 0 saturated carbocycles. The summed E-state index contributed by atoms with van der Waals surface area (Å²) in [5.74, 6) is 1.29. The summed E-state index contributed by atoms with van der Waals surface area (Å²) in [5.41, 5.74) is 6.59. The highest BCUT2D eigenvalue weighted by molar-refractivity contribution is 5.81. The van der Waals surface area contributed by atoms with Gasteiger partial charge < -0.3 is 24.5 Å². The smallest absolute Gasteiger partial charge is 0.250 e. The predicted molar refractivity (Wildman–Crippen MR) is 97.8 cm³/mol. The first-order valence-corrected chi connectivity index (χ1v) is 8.21. The number of hydrogen-bond acceptors (Lipinski definition) is 6. The van der Waals surface area contributed by atoms with Gasteiger partial charge in [-0.3, -0.25) is 4.79 Å². The lowest BCUT2D eigenvalue weighted by molar-refractivity contribution is 0.346. The first-order valence-electron chi connectivity index (χ1n) is 8.21. The van der Waals surface area contributed by atoms with Gasteiger partial charge in [0.25, 0.3) is 0 Å². The zero-order valence-corrected chi connectivity index (χ0v) is 14.5. The molecule has 0 saturated heterocycles. The quantitative estimate of drug-likeness (QED) is 0.741. The molecule has 0 fully saturated rings. The monoisotopic (exact) mass is 360 g/mol. The van der Waals surface area contributed by atoms with E-state index in [-0.39, 0.29) is 17.0 Å². The van der Waals surface area contributed by atoms with Crippen molar-refractivity contribution in [3.63, 3.8) is 0 Å². The summed E-state index contributed by atoms with van der Waals surface area (Å²) < 4.78 is 12.9. The van der Waals surface area contributed by atoms with E-state index >= 15 is 0 Å². The van der Waals surface area contributed by atoms with Gasteiger partial charge in [-0.15, -0.1) is 0 Å². The van der Waals surface area contributed by atoms with Crippen LogP contribution >= 0.6 is 0 Å². The van der Waals surface area contributed by atoms with Crippen molar-refractivity contribution in [2.75, 3.05) is 0 Å². The van der Waals surface area contributed by atoms with Gasteiger partial charge >= 0.3 is 0 Å². The highest BCUT2D eigenvalue weighted by atomic mass is 16.3. The van der Waals surface area contributed by atoms with Crippen molar-refractivity contribution < 1.29 is 8.83 Å². The number of nitrogens with two attached hydrogens (primary N) is 1. The minimum atomic E-state index is -1.09. The summed E-state index contributed by atoms with van der Waals surface area (Å²) in [7, 11) is 1.67. The highest BCUT2D eigenvalue weighted by Gasteiger charge is 2.47. The Labute approximate surface area is 154 Å². The van der Waals surface area contributed by atoms with Crippen molar-refractivity contribution in [2.45, 2.75) is 5.54 Å². The van der Waals surface area contributed by atoms with E-state index in [9.17, 15) is 10.1 Å². The Bertz CT molecular complexity index is 1110. The van der Waals surface area contributed by atoms with Crippen molar-refractivity contribution in [3.05, 3.63) is 100 Å². The molecule has 4 heterocycles. The SMILES string of the molecule is Cn1cc(C2=CC(C#N)=C(N)NC2(c2ccco2)c2ccco2)ccc1=O. The zero-order valence-electron chi connectivity index (χ0n) is 14.5. The number of allylic oxidation sites excluding steroid dienone is 2. The molecule has 0 aliphatic carbocycles. The fourth-order valence-electron chi connectivity index (χ4n) is 3.31. The molecule has 27 heavy (non-hydrogen) atoms.